The van der Waals surface area contributed by atoms with Crippen molar-refractivity contribution < 1.29 is 22.7 Å². The number of aromatic nitrogens is 1. The van der Waals surface area contributed by atoms with Crippen molar-refractivity contribution in [2.75, 3.05) is 17.2 Å². The van der Waals surface area contributed by atoms with Crippen molar-refractivity contribution in [2.24, 2.45) is 0 Å². The molecule has 1 aliphatic carbocycles. The lowest BCUT2D eigenvalue weighted by Gasteiger charge is -2.23. The third kappa shape index (κ3) is 9.07. The monoisotopic (exact) mass is 837 g/mol. The van der Waals surface area contributed by atoms with E-state index in [4.69, 9.17) is 4.74 Å². The predicted octanol–water partition coefficient (Wildman–Crippen LogP) is 12.9. The Labute approximate surface area is 365 Å². The molecule has 0 aliphatic heterocycles. The molecular weight excluding hydrogens is 792 g/mol. The quantitative estimate of drug-likeness (QED) is 0.107. The van der Waals surface area contributed by atoms with Crippen molar-refractivity contribution in [3.63, 3.8) is 0 Å². The molecule has 0 spiro atoms. The molecule has 1 heterocycles. The number of nitrogens with one attached hydrogen (secondary N) is 2. The lowest BCUT2D eigenvalue weighted by atomic mass is 9.91. The second-order valence-corrected chi connectivity index (χ2v) is 16.0. The predicted molar refractivity (Wildman–Crippen MR) is 247 cm³/mol. The Morgan fingerprint density at radius 2 is 1.38 bits per heavy atom. The van der Waals surface area contributed by atoms with E-state index in [0.29, 0.717) is 37.8 Å². The summed E-state index contributed by atoms with van der Waals surface area (Å²) < 4.78 is 48.1. The average molecular weight is 838 g/mol. The van der Waals surface area contributed by atoms with Gasteiger partial charge < -0.3 is 15.4 Å². The summed E-state index contributed by atoms with van der Waals surface area (Å²) in [5, 5.41) is 7.71. The van der Waals surface area contributed by atoms with E-state index < -0.39 is 17.8 Å². The summed E-state index contributed by atoms with van der Waals surface area (Å²) in [6.45, 7) is 2.68. The zero-order chi connectivity index (χ0) is 43.3. The lowest BCUT2D eigenvalue weighted by molar-refractivity contribution is -0.144. The van der Waals surface area contributed by atoms with E-state index >= 15 is 0 Å². The Hall–Kier alpha value is -7.19. The summed E-state index contributed by atoms with van der Waals surface area (Å²) in [7, 11) is 0. The normalized spacial score (nSPS) is 12.4. The summed E-state index contributed by atoms with van der Waals surface area (Å²) in [6.07, 6.45) is -0.500. The fourth-order valence-corrected chi connectivity index (χ4v) is 8.81. The minimum atomic E-state index is -4.54. The Morgan fingerprint density at radius 3 is 2.14 bits per heavy atom. The molecule has 0 fully saturated rings. The number of halogens is 3. The van der Waals surface area contributed by atoms with Crippen molar-refractivity contribution in [3.8, 4) is 22.3 Å². The number of anilines is 2. The highest BCUT2D eigenvalue weighted by Gasteiger charge is 2.34. The second kappa shape index (κ2) is 18.0. The maximum absolute atomic E-state index is 14.2. The molecule has 0 bridgehead atoms. The molecule has 7 aromatic carbocycles. The number of hydrogen-bond acceptors (Lipinski definition) is 5. The SMILES string of the molecule is CCOC(=O)[C@@H](Cc1ccccc1)Nc1c(Cc2ccc(CNc3cccc(-c4c(Cc5ccccc5)cnc5c(C(F)(F)F)cccc45)c3)cc2)ccc2c1Cc1ccccc1-2. The molecule has 0 radical (unpaired) electrons. The molecule has 0 unspecified atom stereocenters. The van der Waals surface area contributed by atoms with Gasteiger partial charge in [0.2, 0.25) is 0 Å². The van der Waals surface area contributed by atoms with Crippen LogP contribution >= 0.6 is 0 Å². The van der Waals surface area contributed by atoms with E-state index in [1.54, 1.807) is 12.3 Å². The maximum atomic E-state index is 14.2. The van der Waals surface area contributed by atoms with E-state index in [2.05, 4.69) is 76.3 Å². The highest BCUT2D eigenvalue weighted by molar-refractivity contribution is 5.98. The summed E-state index contributed by atoms with van der Waals surface area (Å²) in [5.41, 5.74) is 13.7. The van der Waals surface area contributed by atoms with E-state index in [0.717, 1.165) is 68.4 Å². The first-order chi connectivity index (χ1) is 30.7. The summed E-state index contributed by atoms with van der Waals surface area (Å²) in [5.74, 6) is -0.278. The number of benzene rings is 7. The van der Waals surface area contributed by atoms with Crippen LogP contribution in [0.1, 0.15) is 57.0 Å². The molecule has 5 nitrogen and oxygen atoms in total. The van der Waals surface area contributed by atoms with Crippen molar-refractivity contribution in [1.82, 2.24) is 4.98 Å². The maximum Gasteiger partial charge on any atom is 0.418 e. The second-order valence-electron chi connectivity index (χ2n) is 16.0. The Balaban J connectivity index is 0.968. The summed E-state index contributed by atoms with van der Waals surface area (Å²) in [4.78, 5) is 17.9. The van der Waals surface area contributed by atoms with Crippen LogP contribution in [0.3, 0.4) is 0 Å². The van der Waals surface area contributed by atoms with Crippen LogP contribution in [0.4, 0.5) is 24.5 Å². The van der Waals surface area contributed by atoms with Crippen LogP contribution in [-0.4, -0.2) is 23.6 Å². The van der Waals surface area contributed by atoms with E-state index in [-0.39, 0.29) is 11.5 Å². The van der Waals surface area contributed by atoms with Gasteiger partial charge in [0, 0.05) is 42.3 Å². The minimum Gasteiger partial charge on any atom is -0.464 e. The number of alkyl halides is 3. The van der Waals surface area contributed by atoms with Gasteiger partial charge in [0.25, 0.3) is 0 Å². The minimum absolute atomic E-state index is 0.0610. The van der Waals surface area contributed by atoms with Gasteiger partial charge in [-0.15, -0.1) is 0 Å². The van der Waals surface area contributed by atoms with Gasteiger partial charge in [0.05, 0.1) is 17.7 Å². The highest BCUT2D eigenvalue weighted by Crippen LogP contribution is 2.43. The van der Waals surface area contributed by atoms with Crippen LogP contribution in [0.15, 0.2) is 170 Å². The molecule has 8 heteroatoms. The van der Waals surface area contributed by atoms with E-state index in [9.17, 15) is 18.0 Å². The molecule has 314 valence electrons. The van der Waals surface area contributed by atoms with Crippen LogP contribution in [0.5, 0.6) is 0 Å². The largest absolute Gasteiger partial charge is 0.464 e. The van der Waals surface area contributed by atoms with Gasteiger partial charge in [-0.2, -0.15) is 13.2 Å². The van der Waals surface area contributed by atoms with Crippen LogP contribution in [0.2, 0.25) is 0 Å². The third-order valence-electron chi connectivity index (χ3n) is 11.8. The number of rotatable bonds is 14. The topological polar surface area (TPSA) is 63.2 Å². The molecule has 0 saturated heterocycles. The molecule has 1 atom stereocenters. The number of carbonyl (C=O) groups excluding carboxylic acids is 1. The lowest BCUT2D eigenvalue weighted by Crippen LogP contribution is -2.34. The van der Waals surface area contributed by atoms with Crippen LogP contribution < -0.4 is 10.6 Å². The number of fused-ring (bicyclic) bond motifs is 4. The van der Waals surface area contributed by atoms with Crippen molar-refractivity contribution in [2.45, 2.75) is 51.4 Å². The van der Waals surface area contributed by atoms with E-state index in [1.807, 2.05) is 91.9 Å². The number of ether oxygens (including phenoxy) is 1. The van der Waals surface area contributed by atoms with Gasteiger partial charge in [0.1, 0.15) is 6.04 Å². The molecule has 1 aromatic heterocycles. The van der Waals surface area contributed by atoms with Crippen molar-refractivity contribution in [3.05, 3.63) is 220 Å². The molecule has 8 aromatic rings. The molecular formula is C55H46F3N3O2. The number of carbonyl (C=O) groups is 1. The smallest absolute Gasteiger partial charge is 0.418 e. The summed E-state index contributed by atoms with van der Waals surface area (Å²) in [6, 6.07) is 52.9. The summed E-state index contributed by atoms with van der Waals surface area (Å²) >= 11 is 0. The standard InChI is InChI=1S/C55H46F3N3O2/c1-2-63-54(62)50(31-37-15-7-4-8-16-37)61-52-42(27-28-46-45-20-10-9-17-40(45)33-48(46)52)29-38-23-25-39(26-24-38)34-59-44-19-11-18-41(32-44)51-43(30-36-13-5-3-6-14-36)35-60-53-47(51)21-12-22-49(53)55(56,57)58/h3-28,32,35,50,59,61H,2,29-31,33-34H2,1H3/t50-/m1/s1. The van der Waals surface area contributed by atoms with Crippen LogP contribution in [0.25, 0.3) is 33.2 Å². The zero-order valence-electron chi connectivity index (χ0n) is 34.9. The fraction of sp³-hybridized carbons (Fsp3) is 0.164. The molecule has 63 heavy (non-hydrogen) atoms. The van der Waals surface area contributed by atoms with Crippen molar-refractivity contribution >= 4 is 28.2 Å². The first kappa shape index (κ1) is 41.2. The average Bonchev–Trinajstić information content (AvgIpc) is 3.68. The number of hydrogen-bond donors (Lipinski definition) is 2. The van der Waals surface area contributed by atoms with Crippen LogP contribution in [0, 0.1) is 0 Å². The van der Waals surface area contributed by atoms with Gasteiger partial charge in [-0.1, -0.05) is 146 Å². The number of nitrogens with zero attached hydrogens (tertiary/aromatic N) is 1. The van der Waals surface area contributed by atoms with Gasteiger partial charge in [-0.3, -0.25) is 4.98 Å². The first-order valence-electron chi connectivity index (χ1n) is 21.4. The Bertz CT molecular complexity index is 2900. The number of pyridine rings is 1. The van der Waals surface area contributed by atoms with Crippen molar-refractivity contribution in [1.29, 1.82) is 0 Å². The Morgan fingerprint density at radius 1 is 0.698 bits per heavy atom. The first-order valence-corrected chi connectivity index (χ1v) is 21.4. The van der Waals surface area contributed by atoms with E-state index in [1.165, 1.54) is 28.3 Å². The van der Waals surface area contributed by atoms with Crippen LogP contribution in [-0.2, 0) is 47.9 Å². The van der Waals surface area contributed by atoms with Gasteiger partial charge >= 0.3 is 12.1 Å². The number of esters is 1. The molecule has 0 saturated carbocycles. The van der Waals surface area contributed by atoms with Gasteiger partial charge in [-0.25, -0.2) is 4.79 Å². The Kier molecular flexibility index (Phi) is 11.8. The van der Waals surface area contributed by atoms with Gasteiger partial charge in [-0.05, 0) is 105 Å². The highest BCUT2D eigenvalue weighted by atomic mass is 19.4. The fourth-order valence-electron chi connectivity index (χ4n) is 8.81. The third-order valence-corrected chi connectivity index (χ3v) is 11.8. The number of para-hydroxylation sites is 1. The molecule has 9 rings (SSSR count). The molecule has 1 aliphatic rings. The zero-order valence-corrected chi connectivity index (χ0v) is 34.9. The molecule has 2 N–H and O–H groups in total. The molecule has 0 amide bonds. The van der Waals surface area contributed by atoms with Gasteiger partial charge in [0.15, 0.2) is 0 Å².